The first kappa shape index (κ1) is 17.5. The van der Waals surface area contributed by atoms with E-state index in [4.69, 9.17) is 9.47 Å². The predicted octanol–water partition coefficient (Wildman–Crippen LogP) is 1.56. The number of aryl methyl sites for hydroxylation is 2. The fraction of sp³-hybridized carbons (Fsp3) is 0.688. The average molecular weight is 323 g/mol. The Morgan fingerprint density at radius 2 is 2.17 bits per heavy atom. The number of carbonyl (C=O) groups is 2. The number of morpholine rings is 1. The Kier molecular flexibility index (Phi) is 5.41. The van der Waals surface area contributed by atoms with Gasteiger partial charge in [-0.3, -0.25) is 14.4 Å². The standard InChI is InChI=1S/C16H25N3O4/c1-16(2,3)23-15(21)19-7-8-22-11-13(19)14(20)6-5-12-9-17-18(4)10-12/h9-10,13H,5-8,11H2,1-4H3. The normalized spacial score (nSPS) is 18.8. The number of Topliss-reactive ketones (excluding diaryl/α,β-unsaturated/α-hetero) is 1. The van der Waals surface area contributed by atoms with Gasteiger partial charge in [0.25, 0.3) is 0 Å². The SMILES string of the molecule is Cn1cc(CCC(=O)C2COCCN2C(=O)OC(C)(C)C)cn1. The second-order valence-electron chi connectivity index (χ2n) is 6.75. The topological polar surface area (TPSA) is 73.7 Å². The summed E-state index contributed by atoms with van der Waals surface area (Å²) < 4.78 is 12.5. The lowest BCUT2D eigenvalue weighted by Gasteiger charge is -2.35. The summed E-state index contributed by atoms with van der Waals surface area (Å²) in [7, 11) is 1.84. The minimum Gasteiger partial charge on any atom is -0.444 e. The highest BCUT2D eigenvalue weighted by atomic mass is 16.6. The maximum absolute atomic E-state index is 12.5. The van der Waals surface area contributed by atoms with Crippen LogP contribution in [0.5, 0.6) is 0 Å². The predicted molar refractivity (Wildman–Crippen MR) is 84.1 cm³/mol. The average Bonchev–Trinajstić information content (AvgIpc) is 2.88. The Morgan fingerprint density at radius 1 is 1.43 bits per heavy atom. The second kappa shape index (κ2) is 7.12. The zero-order valence-electron chi connectivity index (χ0n) is 14.2. The molecule has 0 spiro atoms. The van der Waals surface area contributed by atoms with E-state index in [-0.39, 0.29) is 12.4 Å². The zero-order valence-corrected chi connectivity index (χ0v) is 14.2. The molecule has 128 valence electrons. The van der Waals surface area contributed by atoms with E-state index >= 15 is 0 Å². The Labute approximate surface area is 136 Å². The molecule has 1 aliphatic heterocycles. The maximum atomic E-state index is 12.5. The van der Waals surface area contributed by atoms with Crippen molar-refractivity contribution in [1.82, 2.24) is 14.7 Å². The fourth-order valence-corrected chi connectivity index (χ4v) is 2.44. The summed E-state index contributed by atoms with van der Waals surface area (Å²) in [6.45, 7) is 6.45. The van der Waals surface area contributed by atoms with Crippen LogP contribution in [0.4, 0.5) is 4.79 Å². The molecule has 1 atom stereocenters. The number of hydrogen-bond acceptors (Lipinski definition) is 5. The van der Waals surface area contributed by atoms with Crippen LogP contribution >= 0.6 is 0 Å². The van der Waals surface area contributed by atoms with Crippen molar-refractivity contribution in [1.29, 1.82) is 0 Å². The summed E-state index contributed by atoms with van der Waals surface area (Å²) in [5.74, 6) is -0.0144. The minimum absolute atomic E-state index is 0.0144. The monoisotopic (exact) mass is 323 g/mol. The van der Waals surface area contributed by atoms with Crippen LogP contribution in [0.1, 0.15) is 32.8 Å². The van der Waals surface area contributed by atoms with Crippen LogP contribution in [0, 0.1) is 0 Å². The molecule has 1 aliphatic rings. The van der Waals surface area contributed by atoms with Gasteiger partial charge in [0.15, 0.2) is 5.78 Å². The van der Waals surface area contributed by atoms with Crippen LogP contribution in [0.2, 0.25) is 0 Å². The Hall–Kier alpha value is -1.89. The largest absolute Gasteiger partial charge is 0.444 e. The first-order valence-corrected chi connectivity index (χ1v) is 7.84. The van der Waals surface area contributed by atoms with E-state index in [0.29, 0.717) is 26.0 Å². The van der Waals surface area contributed by atoms with Crippen molar-refractivity contribution in [3.8, 4) is 0 Å². The molecule has 2 rings (SSSR count). The molecule has 7 heteroatoms. The quantitative estimate of drug-likeness (QED) is 0.840. The number of amides is 1. The van der Waals surface area contributed by atoms with Crippen molar-refractivity contribution in [2.45, 2.75) is 45.3 Å². The summed E-state index contributed by atoms with van der Waals surface area (Å²) in [5, 5.41) is 4.09. The van der Waals surface area contributed by atoms with Gasteiger partial charge >= 0.3 is 6.09 Å². The third-order valence-corrected chi connectivity index (χ3v) is 3.55. The molecule has 1 saturated heterocycles. The molecule has 1 aromatic rings. The third kappa shape index (κ3) is 5.06. The molecule has 7 nitrogen and oxygen atoms in total. The lowest BCUT2D eigenvalue weighted by molar-refractivity contribution is -0.130. The van der Waals surface area contributed by atoms with Crippen molar-refractivity contribution in [2.75, 3.05) is 19.8 Å². The zero-order chi connectivity index (χ0) is 17.0. The van der Waals surface area contributed by atoms with Crippen molar-refractivity contribution in [3.63, 3.8) is 0 Å². The van der Waals surface area contributed by atoms with E-state index in [1.54, 1.807) is 10.9 Å². The summed E-state index contributed by atoms with van der Waals surface area (Å²) in [5.41, 5.74) is 0.417. The molecule has 0 N–H and O–H groups in total. The van der Waals surface area contributed by atoms with Gasteiger partial charge in [-0.2, -0.15) is 5.10 Å². The number of carbonyl (C=O) groups excluding carboxylic acids is 2. The van der Waals surface area contributed by atoms with Crippen LogP contribution in [-0.4, -0.2) is 58.0 Å². The van der Waals surface area contributed by atoms with Gasteiger partial charge in [0.05, 0.1) is 19.4 Å². The van der Waals surface area contributed by atoms with Crippen LogP contribution < -0.4 is 0 Å². The summed E-state index contributed by atoms with van der Waals surface area (Å²) in [6.07, 6.45) is 4.12. The molecular formula is C16H25N3O4. The van der Waals surface area contributed by atoms with Gasteiger partial charge in [-0.25, -0.2) is 4.79 Å². The first-order chi connectivity index (χ1) is 10.8. The molecule has 1 amide bonds. The number of nitrogens with zero attached hydrogens (tertiary/aromatic N) is 3. The molecule has 1 aromatic heterocycles. The van der Waals surface area contributed by atoms with Crippen LogP contribution in [0.3, 0.4) is 0 Å². The van der Waals surface area contributed by atoms with Gasteiger partial charge in [-0.05, 0) is 32.8 Å². The van der Waals surface area contributed by atoms with E-state index < -0.39 is 17.7 Å². The molecule has 0 aromatic carbocycles. The summed E-state index contributed by atoms with van der Waals surface area (Å²) >= 11 is 0. The van der Waals surface area contributed by atoms with E-state index in [1.807, 2.05) is 34.0 Å². The molecule has 1 unspecified atom stereocenters. The molecular weight excluding hydrogens is 298 g/mol. The van der Waals surface area contributed by atoms with Crippen LogP contribution in [0.15, 0.2) is 12.4 Å². The van der Waals surface area contributed by atoms with E-state index in [9.17, 15) is 9.59 Å². The van der Waals surface area contributed by atoms with Crippen molar-refractivity contribution >= 4 is 11.9 Å². The first-order valence-electron chi connectivity index (χ1n) is 7.84. The number of aromatic nitrogens is 2. The van der Waals surface area contributed by atoms with E-state index in [2.05, 4.69) is 5.10 Å². The van der Waals surface area contributed by atoms with E-state index in [1.165, 1.54) is 4.90 Å². The Bertz CT molecular complexity index is 562. The van der Waals surface area contributed by atoms with Crippen molar-refractivity contribution < 1.29 is 19.1 Å². The summed E-state index contributed by atoms with van der Waals surface area (Å²) in [4.78, 5) is 26.3. The van der Waals surface area contributed by atoms with E-state index in [0.717, 1.165) is 5.56 Å². The van der Waals surface area contributed by atoms with Crippen molar-refractivity contribution in [3.05, 3.63) is 18.0 Å². The lowest BCUT2D eigenvalue weighted by Crippen LogP contribution is -2.53. The fourth-order valence-electron chi connectivity index (χ4n) is 2.44. The van der Waals surface area contributed by atoms with Gasteiger partial charge in [0.1, 0.15) is 11.6 Å². The number of ether oxygens (including phenoxy) is 2. The van der Waals surface area contributed by atoms with Gasteiger partial charge < -0.3 is 9.47 Å². The number of hydrogen-bond donors (Lipinski definition) is 0. The smallest absolute Gasteiger partial charge is 0.411 e. The van der Waals surface area contributed by atoms with Gasteiger partial charge in [0.2, 0.25) is 0 Å². The second-order valence-corrected chi connectivity index (χ2v) is 6.75. The molecule has 0 aliphatic carbocycles. The van der Waals surface area contributed by atoms with Crippen molar-refractivity contribution in [2.24, 2.45) is 7.05 Å². The number of rotatable bonds is 4. The Morgan fingerprint density at radius 3 is 2.78 bits per heavy atom. The van der Waals surface area contributed by atoms with Gasteiger partial charge in [-0.15, -0.1) is 0 Å². The minimum atomic E-state index is -0.585. The molecule has 0 radical (unpaired) electrons. The molecule has 23 heavy (non-hydrogen) atoms. The summed E-state index contributed by atoms with van der Waals surface area (Å²) in [6, 6.07) is -0.574. The molecule has 0 saturated carbocycles. The number of ketones is 1. The highest BCUT2D eigenvalue weighted by Crippen LogP contribution is 2.16. The Balaban J connectivity index is 1.96. The lowest BCUT2D eigenvalue weighted by atomic mass is 10.0. The van der Waals surface area contributed by atoms with Crippen LogP contribution in [0.25, 0.3) is 0 Å². The molecule has 0 bridgehead atoms. The van der Waals surface area contributed by atoms with Crippen LogP contribution in [-0.2, 0) is 27.7 Å². The third-order valence-electron chi connectivity index (χ3n) is 3.55. The highest BCUT2D eigenvalue weighted by molar-refractivity contribution is 5.88. The molecule has 2 heterocycles. The van der Waals surface area contributed by atoms with Gasteiger partial charge in [-0.1, -0.05) is 0 Å². The highest BCUT2D eigenvalue weighted by Gasteiger charge is 2.34. The molecule has 1 fully saturated rings. The van der Waals surface area contributed by atoms with Gasteiger partial charge in [0, 0.05) is 26.2 Å². The maximum Gasteiger partial charge on any atom is 0.411 e.